The molecule has 1 atom stereocenters. The first-order valence-corrected chi connectivity index (χ1v) is 13.1. The third kappa shape index (κ3) is 5.67. The van der Waals surface area contributed by atoms with E-state index in [4.69, 9.17) is 4.74 Å². The highest BCUT2D eigenvalue weighted by molar-refractivity contribution is 7.91. The number of ether oxygens (including phenoxy) is 1. The van der Waals surface area contributed by atoms with E-state index in [-0.39, 0.29) is 35.2 Å². The SMILES string of the molecule is CCOc1cncc(-c2ccc(CC(=O)C(F)(CC)c3cncc(CS(=O)(=O)C4CC4)n3)nc2)n1. The molecule has 0 saturated heterocycles. The third-order valence-corrected chi connectivity index (χ3v) is 7.95. The van der Waals surface area contributed by atoms with E-state index in [9.17, 15) is 13.2 Å². The van der Waals surface area contributed by atoms with Crippen LogP contribution in [0.3, 0.4) is 0 Å². The Kier molecular flexibility index (Phi) is 7.15. The summed E-state index contributed by atoms with van der Waals surface area (Å²) in [6, 6.07) is 3.35. The minimum atomic E-state index is -3.35. The number of nitrogens with zero attached hydrogens (tertiary/aromatic N) is 5. The van der Waals surface area contributed by atoms with Crippen molar-refractivity contribution in [3.05, 3.63) is 60.2 Å². The van der Waals surface area contributed by atoms with E-state index in [1.54, 1.807) is 18.3 Å². The fourth-order valence-corrected chi connectivity index (χ4v) is 5.27. The molecule has 0 amide bonds. The Morgan fingerprint density at radius 1 is 1.06 bits per heavy atom. The molecule has 0 bridgehead atoms. The molecular formula is C24H26FN5O4S. The first-order chi connectivity index (χ1) is 16.7. The summed E-state index contributed by atoms with van der Waals surface area (Å²) in [7, 11) is -3.35. The summed E-state index contributed by atoms with van der Waals surface area (Å²) in [6.45, 7) is 3.85. The van der Waals surface area contributed by atoms with Gasteiger partial charge in [0.15, 0.2) is 15.6 Å². The molecule has 9 nitrogen and oxygen atoms in total. The van der Waals surface area contributed by atoms with Crippen LogP contribution in [0.2, 0.25) is 0 Å². The Balaban J connectivity index is 1.50. The molecule has 11 heteroatoms. The maximum Gasteiger partial charge on any atom is 0.232 e. The van der Waals surface area contributed by atoms with Crippen molar-refractivity contribution in [3.63, 3.8) is 0 Å². The molecule has 1 aliphatic carbocycles. The lowest BCUT2D eigenvalue weighted by atomic mass is 9.90. The van der Waals surface area contributed by atoms with E-state index in [1.165, 1.54) is 31.7 Å². The van der Waals surface area contributed by atoms with Crippen LogP contribution in [0.4, 0.5) is 4.39 Å². The molecule has 0 N–H and O–H groups in total. The van der Waals surface area contributed by atoms with Crippen LogP contribution in [0.25, 0.3) is 11.3 Å². The fourth-order valence-electron chi connectivity index (χ4n) is 3.63. The van der Waals surface area contributed by atoms with Gasteiger partial charge in [-0.05, 0) is 38.3 Å². The molecule has 0 radical (unpaired) electrons. The highest BCUT2D eigenvalue weighted by atomic mass is 32.2. The number of carbonyl (C=O) groups excluding carboxylic acids is 1. The number of sulfone groups is 1. The average Bonchev–Trinajstić information content (AvgIpc) is 3.71. The summed E-state index contributed by atoms with van der Waals surface area (Å²) in [5.74, 6) is -0.652. The topological polar surface area (TPSA) is 125 Å². The van der Waals surface area contributed by atoms with Crippen LogP contribution >= 0.6 is 0 Å². The second kappa shape index (κ2) is 10.1. The van der Waals surface area contributed by atoms with Crippen molar-refractivity contribution >= 4 is 15.6 Å². The number of aromatic nitrogens is 5. The molecule has 0 spiro atoms. The van der Waals surface area contributed by atoms with Gasteiger partial charge in [-0.1, -0.05) is 6.92 Å². The maximum absolute atomic E-state index is 15.9. The molecule has 1 saturated carbocycles. The van der Waals surface area contributed by atoms with Crippen molar-refractivity contribution in [1.29, 1.82) is 0 Å². The van der Waals surface area contributed by atoms with E-state index in [1.807, 2.05) is 6.92 Å². The lowest BCUT2D eigenvalue weighted by molar-refractivity contribution is -0.131. The molecule has 184 valence electrons. The van der Waals surface area contributed by atoms with Crippen molar-refractivity contribution in [3.8, 4) is 17.1 Å². The number of ketones is 1. The average molecular weight is 500 g/mol. The third-order valence-electron chi connectivity index (χ3n) is 5.77. The lowest BCUT2D eigenvalue weighted by Crippen LogP contribution is -2.33. The summed E-state index contributed by atoms with van der Waals surface area (Å²) in [5.41, 5.74) is -0.854. The quantitative estimate of drug-likeness (QED) is 0.391. The number of alkyl halides is 1. The molecule has 0 aromatic carbocycles. The largest absolute Gasteiger partial charge is 0.477 e. The number of halogens is 1. The molecule has 4 rings (SSSR count). The predicted octanol–water partition coefficient (Wildman–Crippen LogP) is 3.19. The second-order valence-electron chi connectivity index (χ2n) is 8.37. The molecule has 1 unspecified atom stereocenters. The maximum atomic E-state index is 15.9. The van der Waals surface area contributed by atoms with E-state index in [0.29, 0.717) is 42.3 Å². The van der Waals surface area contributed by atoms with Crippen molar-refractivity contribution in [2.75, 3.05) is 6.61 Å². The van der Waals surface area contributed by atoms with Gasteiger partial charge in [-0.3, -0.25) is 19.7 Å². The van der Waals surface area contributed by atoms with Gasteiger partial charge >= 0.3 is 0 Å². The van der Waals surface area contributed by atoms with Crippen LogP contribution in [0.1, 0.15) is 50.2 Å². The van der Waals surface area contributed by atoms with E-state index >= 15 is 4.39 Å². The predicted molar refractivity (Wildman–Crippen MR) is 126 cm³/mol. The van der Waals surface area contributed by atoms with Crippen LogP contribution in [0, 0.1) is 0 Å². The van der Waals surface area contributed by atoms with Crippen molar-refractivity contribution in [1.82, 2.24) is 24.9 Å². The van der Waals surface area contributed by atoms with E-state index in [2.05, 4.69) is 24.9 Å². The zero-order valence-electron chi connectivity index (χ0n) is 19.5. The number of hydrogen-bond acceptors (Lipinski definition) is 9. The first kappa shape index (κ1) is 24.8. The zero-order valence-corrected chi connectivity index (χ0v) is 20.3. The van der Waals surface area contributed by atoms with Crippen molar-refractivity contribution < 1.29 is 22.3 Å². The molecular weight excluding hydrogens is 473 g/mol. The molecule has 0 aliphatic heterocycles. The number of rotatable bonds is 11. The molecule has 1 fully saturated rings. The van der Waals surface area contributed by atoms with Gasteiger partial charge in [-0.15, -0.1) is 0 Å². The highest BCUT2D eigenvalue weighted by Crippen LogP contribution is 2.33. The Morgan fingerprint density at radius 2 is 1.83 bits per heavy atom. The van der Waals surface area contributed by atoms with Crippen LogP contribution in [0.15, 0.2) is 43.1 Å². The van der Waals surface area contributed by atoms with Gasteiger partial charge in [-0.25, -0.2) is 22.8 Å². The molecule has 3 aromatic rings. The molecule has 35 heavy (non-hydrogen) atoms. The van der Waals surface area contributed by atoms with E-state index < -0.39 is 21.3 Å². The lowest BCUT2D eigenvalue weighted by Gasteiger charge is -2.22. The summed E-state index contributed by atoms with van der Waals surface area (Å²) in [4.78, 5) is 33.9. The van der Waals surface area contributed by atoms with Gasteiger partial charge < -0.3 is 4.74 Å². The summed E-state index contributed by atoms with van der Waals surface area (Å²) >= 11 is 0. The normalized spacial score (nSPS) is 15.4. The molecule has 3 aromatic heterocycles. The monoisotopic (exact) mass is 499 g/mol. The van der Waals surface area contributed by atoms with Crippen molar-refractivity contribution in [2.24, 2.45) is 0 Å². The summed E-state index contributed by atoms with van der Waals surface area (Å²) in [5, 5.41) is -0.363. The van der Waals surface area contributed by atoms with Gasteiger partial charge in [0, 0.05) is 23.7 Å². The Morgan fingerprint density at radius 3 is 2.49 bits per heavy atom. The van der Waals surface area contributed by atoms with Gasteiger partial charge in [0.2, 0.25) is 11.5 Å². The number of Topliss-reactive ketones (excluding diaryl/α,β-unsaturated/α-hetero) is 1. The van der Waals surface area contributed by atoms with Crippen molar-refractivity contribution in [2.45, 2.75) is 56.2 Å². The fraction of sp³-hybridized carbons (Fsp3) is 0.417. The minimum absolute atomic E-state index is 0.135. The van der Waals surface area contributed by atoms with Gasteiger partial charge in [-0.2, -0.15) is 0 Å². The number of carbonyl (C=O) groups is 1. The highest BCUT2D eigenvalue weighted by Gasteiger charge is 2.41. The van der Waals surface area contributed by atoms with Gasteiger partial charge in [0.25, 0.3) is 0 Å². The van der Waals surface area contributed by atoms with Crippen LogP contribution in [-0.4, -0.2) is 51.0 Å². The minimum Gasteiger partial charge on any atom is -0.477 e. The van der Waals surface area contributed by atoms with Gasteiger partial charge in [0.1, 0.15) is 5.69 Å². The van der Waals surface area contributed by atoms with Crippen LogP contribution in [-0.2, 0) is 32.5 Å². The van der Waals surface area contributed by atoms with Crippen LogP contribution < -0.4 is 4.74 Å². The summed E-state index contributed by atoms with van der Waals surface area (Å²) < 4.78 is 45.9. The Bertz CT molecular complexity index is 1320. The van der Waals surface area contributed by atoms with Gasteiger partial charge in [0.05, 0.1) is 54.0 Å². The molecule has 3 heterocycles. The smallest absolute Gasteiger partial charge is 0.232 e. The first-order valence-electron chi connectivity index (χ1n) is 11.4. The van der Waals surface area contributed by atoms with Crippen LogP contribution in [0.5, 0.6) is 5.88 Å². The Labute approximate surface area is 203 Å². The van der Waals surface area contributed by atoms with E-state index in [0.717, 1.165) is 0 Å². The zero-order chi connectivity index (χ0) is 25.1. The number of hydrogen-bond donors (Lipinski definition) is 0. The number of pyridine rings is 1. The standard InChI is InChI=1S/C24H26FN5O4S/c1-3-24(25,21-13-26-11-18(29-21)15-35(32,33)19-7-8-19)22(31)9-17-6-5-16(10-28-17)20-12-27-14-23(30-20)34-4-2/h5-6,10-14,19H,3-4,7-9,15H2,1-2H3. The summed E-state index contributed by atoms with van der Waals surface area (Å²) in [6.07, 6.45) is 7.93. The second-order valence-corrected chi connectivity index (χ2v) is 10.7. The molecule has 1 aliphatic rings. The Hall–Kier alpha value is -3.34.